The van der Waals surface area contributed by atoms with Gasteiger partial charge in [-0.25, -0.2) is 0 Å². The lowest BCUT2D eigenvalue weighted by Gasteiger charge is -2.08. The zero-order valence-corrected chi connectivity index (χ0v) is 14.6. The van der Waals surface area contributed by atoms with Crippen LogP contribution >= 0.6 is 11.3 Å². The highest BCUT2D eigenvalue weighted by Gasteiger charge is 2.26. The van der Waals surface area contributed by atoms with Crippen molar-refractivity contribution >= 4 is 17.0 Å². The molecule has 4 rings (SSSR count). The van der Waals surface area contributed by atoms with Gasteiger partial charge in [-0.2, -0.15) is 0 Å². The fourth-order valence-corrected chi connectivity index (χ4v) is 4.28. The first-order valence-electron chi connectivity index (χ1n) is 7.78. The molecule has 3 aromatic rings. The minimum absolute atomic E-state index is 0.528. The molecule has 0 saturated heterocycles. The van der Waals surface area contributed by atoms with Crippen LogP contribution in [0.15, 0.2) is 35.3 Å². The van der Waals surface area contributed by atoms with Crippen LogP contribution in [0.3, 0.4) is 0 Å². The zero-order chi connectivity index (χ0) is 16.7. The third-order valence-electron chi connectivity index (χ3n) is 4.12. The van der Waals surface area contributed by atoms with Gasteiger partial charge in [0.05, 0.1) is 10.6 Å². The van der Waals surface area contributed by atoms with Crippen molar-refractivity contribution in [3.63, 3.8) is 0 Å². The van der Waals surface area contributed by atoms with Gasteiger partial charge < -0.3 is 0 Å². The average molecular weight is 332 g/mol. The lowest BCUT2D eigenvalue weighted by Crippen LogP contribution is -2.06. The van der Waals surface area contributed by atoms with Gasteiger partial charge in [-0.05, 0) is 26.3 Å². The Balaban J connectivity index is 2.05. The first-order chi connectivity index (χ1) is 11.7. The van der Waals surface area contributed by atoms with Gasteiger partial charge in [0.1, 0.15) is 17.4 Å². The molecule has 1 aliphatic heterocycles. The monoisotopic (exact) mass is 332 g/mol. The van der Waals surface area contributed by atoms with E-state index in [4.69, 9.17) is 4.99 Å². The molecule has 1 aromatic carbocycles. The van der Waals surface area contributed by atoms with E-state index in [1.54, 1.807) is 11.3 Å². The van der Waals surface area contributed by atoms with Crippen molar-refractivity contribution < 1.29 is 0 Å². The Morgan fingerprint density at radius 1 is 1.12 bits per heavy atom. The average Bonchev–Trinajstić information content (AvgIpc) is 3.05. The molecule has 0 fully saturated rings. The Hall–Kier alpha value is -2.71. The lowest BCUT2D eigenvalue weighted by atomic mass is 10.00. The molecule has 2 aromatic heterocycles. The topological polar surface area (TPSA) is 43.1 Å². The van der Waals surface area contributed by atoms with Crippen molar-refractivity contribution in [2.24, 2.45) is 4.99 Å². The molecule has 118 valence electrons. The smallest absolute Gasteiger partial charge is 0.160 e. The SMILES string of the molecule is CC#Cc1sc2c(c1C)C(c1ccccc1)=NCc1nnc(C)n1-2. The number of hydrogen-bond acceptors (Lipinski definition) is 4. The molecule has 0 atom stereocenters. The Morgan fingerprint density at radius 2 is 1.92 bits per heavy atom. The van der Waals surface area contributed by atoms with E-state index in [2.05, 4.69) is 45.7 Å². The molecule has 0 saturated carbocycles. The largest absolute Gasteiger partial charge is 0.276 e. The van der Waals surface area contributed by atoms with Crippen LogP contribution in [0, 0.1) is 25.7 Å². The van der Waals surface area contributed by atoms with E-state index in [9.17, 15) is 0 Å². The van der Waals surface area contributed by atoms with Gasteiger partial charge in [-0.15, -0.1) is 27.5 Å². The Bertz CT molecular complexity index is 1010. The summed E-state index contributed by atoms with van der Waals surface area (Å²) in [7, 11) is 0. The summed E-state index contributed by atoms with van der Waals surface area (Å²) >= 11 is 1.69. The van der Waals surface area contributed by atoms with Gasteiger partial charge in [0.2, 0.25) is 0 Å². The van der Waals surface area contributed by atoms with Crippen molar-refractivity contribution in [2.75, 3.05) is 0 Å². The molecular weight excluding hydrogens is 316 g/mol. The number of fused-ring (bicyclic) bond motifs is 3. The highest BCUT2D eigenvalue weighted by Crippen LogP contribution is 2.36. The van der Waals surface area contributed by atoms with Crippen LogP contribution < -0.4 is 0 Å². The lowest BCUT2D eigenvalue weighted by molar-refractivity contribution is 0.869. The molecule has 1 aliphatic rings. The second-order valence-corrected chi connectivity index (χ2v) is 6.64. The summed E-state index contributed by atoms with van der Waals surface area (Å²) in [6.07, 6.45) is 0. The van der Waals surface area contributed by atoms with E-state index in [1.807, 2.05) is 32.0 Å². The maximum Gasteiger partial charge on any atom is 0.160 e. The fraction of sp³-hybridized carbons (Fsp3) is 0.211. The second kappa shape index (κ2) is 5.73. The summed E-state index contributed by atoms with van der Waals surface area (Å²) in [4.78, 5) is 5.95. The van der Waals surface area contributed by atoms with Gasteiger partial charge in [0.25, 0.3) is 0 Å². The quantitative estimate of drug-likeness (QED) is 0.638. The molecule has 0 N–H and O–H groups in total. The normalized spacial score (nSPS) is 12.5. The predicted molar refractivity (Wildman–Crippen MR) is 97.0 cm³/mol. The first-order valence-corrected chi connectivity index (χ1v) is 8.60. The molecule has 0 unspecified atom stereocenters. The molecule has 0 aliphatic carbocycles. The number of aryl methyl sites for hydroxylation is 1. The molecule has 5 heteroatoms. The number of aliphatic imine (C=N–C) groups is 1. The second-order valence-electron chi connectivity index (χ2n) is 5.64. The Labute approximate surface area is 144 Å². The van der Waals surface area contributed by atoms with Crippen molar-refractivity contribution in [3.05, 3.63) is 63.5 Å². The molecule has 0 amide bonds. The first kappa shape index (κ1) is 14.9. The number of thiophene rings is 1. The highest BCUT2D eigenvalue weighted by atomic mass is 32.1. The summed E-state index contributed by atoms with van der Waals surface area (Å²) < 4.78 is 2.12. The van der Waals surface area contributed by atoms with Crippen LogP contribution in [0.1, 0.15) is 40.1 Å². The molecule has 3 heterocycles. The van der Waals surface area contributed by atoms with Gasteiger partial charge in [-0.1, -0.05) is 36.3 Å². The van der Waals surface area contributed by atoms with Crippen LogP contribution in [0.5, 0.6) is 0 Å². The van der Waals surface area contributed by atoms with Crippen LogP contribution in [-0.4, -0.2) is 20.5 Å². The summed E-state index contributed by atoms with van der Waals surface area (Å²) in [5.74, 6) is 8.00. The highest BCUT2D eigenvalue weighted by molar-refractivity contribution is 7.15. The van der Waals surface area contributed by atoms with E-state index in [1.165, 1.54) is 5.56 Å². The summed E-state index contributed by atoms with van der Waals surface area (Å²) in [6.45, 7) is 6.50. The van der Waals surface area contributed by atoms with E-state index >= 15 is 0 Å². The molecule has 4 nitrogen and oxygen atoms in total. The van der Waals surface area contributed by atoms with Crippen LogP contribution in [0.2, 0.25) is 0 Å². The van der Waals surface area contributed by atoms with E-state index in [0.717, 1.165) is 38.4 Å². The predicted octanol–water partition coefficient (Wildman–Crippen LogP) is 3.67. The van der Waals surface area contributed by atoms with E-state index in [-0.39, 0.29) is 0 Å². The number of nitrogens with zero attached hydrogens (tertiary/aromatic N) is 4. The minimum atomic E-state index is 0.528. The van der Waals surface area contributed by atoms with Crippen molar-refractivity contribution in [1.82, 2.24) is 14.8 Å². The van der Waals surface area contributed by atoms with Crippen LogP contribution in [-0.2, 0) is 6.54 Å². The minimum Gasteiger partial charge on any atom is -0.276 e. The zero-order valence-electron chi connectivity index (χ0n) is 13.8. The summed E-state index contributed by atoms with van der Waals surface area (Å²) in [5.41, 5.74) is 4.44. The molecule has 0 radical (unpaired) electrons. The molecule has 0 spiro atoms. The molecule has 24 heavy (non-hydrogen) atoms. The third kappa shape index (κ3) is 2.19. The maximum absolute atomic E-state index is 4.88. The fourth-order valence-electron chi connectivity index (χ4n) is 3.00. The van der Waals surface area contributed by atoms with Gasteiger partial charge in [-0.3, -0.25) is 9.56 Å². The van der Waals surface area contributed by atoms with Gasteiger partial charge >= 0.3 is 0 Å². The number of benzene rings is 1. The van der Waals surface area contributed by atoms with Crippen LogP contribution in [0.25, 0.3) is 5.00 Å². The van der Waals surface area contributed by atoms with Gasteiger partial charge in [0.15, 0.2) is 5.82 Å². The van der Waals surface area contributed by atoms with Gasteiger partial charge in [0, 0.05) is 11.1 Å². The number of rotatable bonds is 1. The molecular formula is C19H16N4S. The molecule has 0 bridgehead atoms. The Kier molecular flexibility index (Phi) is 3.55. The number of aromatic nitrogens is 3. The Morgan fingerprint density at radius 3 is 2.67 bits per heavy atom. The summed E-state index contributed by atoms with van der Waals surface area (Å²) in [5, 5.41) is 9.65. The van der Waals surface area contributed by atoms with Crippen LogP contribution in [0.4, 0.5) is 0 Å². The van der Waals surface area contributed by atoms with E-state index < -0.39 is 0 Å². The standard InChI is InChI=1S/C19H16N4S/c1-4-8-15-12(2)17-18(14-9-6-5-7-10-14)20-11-16-22-21-13(3)23(16)19(17)24-15/h5-7,9-10H,11H2,1-3H3. The van der Waals surface area contributed by atoms with Crippen molar-refractivity contribution in [1.29, 1.82) is 0 Å². The van der Waals surface area contributed by atoms with Crippen molar-refractivity contribution in [2.45, 2.75) is 27.3 Å². The number of hydrogen-bond donors (Lipinski definition) is 0. The summed E-state index contributed by atoms with van der Waals surface area (Å²) in [6, 6.07) is 10.3. The van der Waals surface area contributed by atoms with E-state index in [0.29, 0.717) is 6.54 Å². The third-order valence-corrected chi connectivity index (χ3v) is 5.32. The van der Waals surface area contributed by atoms with Crippen molar-refractivity contribution in [3.8, 4) is 16.8 Å². The maximum atomic E-state index is 4.88.